The van der Waals surface area contributed by atoms with E-state index in [1.807, 2.05) is 0 Å². The monoisotopic (exact) mass is 127 g/mol. The third-order valence-electron chi connectivity index (χ3n) is 0.780. The van der Waals surface area contributed by atoms with Gasteiger partial charge in [0.05, 0.1) is 6.61 Å². The summed E-state index contributed by atoms with van der Waals surface area (Å²) < 4.78 is 0. The minimum atomic E-state index is 0.726. The van der Waals surface area contributed by atoms with Crippen molar-refractivity contribution in [3.8, 4) is 12.3 Å². The molecule has 0 aromatic rings. The number of nitrogens with one attached hydrogen (secondary N) is 1. The molecule has 0 amide bonds. The fourth-order valence-electron chi connectivity index (χ4n) is 0.370. The predicted molar refractivity (Wildman–Crippen MR) is 37.7 cm³/mol. The highest BCUT2D eigenvalue weighted by Crippen LogP contribution is 1.75. The Morgan fingerprint density at radius 3 is 3.00 bits per heavy atom. The minimum absolute atomic E-state index is 0.726. The Bertz CT molecular complexity index is 85.4. The Balaban J connectivity index is 2.69. The van der Waals surface area contributed by atoms with Gasteiger partial charge in [0.2, 0.25) is 0 Å². The first-order chi connectivity index (χ1) is 4.41. The molecule has 0 atom stereocenters. The van der Waals surface area contributed by atoms with Crippen molar-refractivity contribution in [1.82, 2.24) is 5.48 Å². The first-order valence-corrected chi connectivity index (χ1v) is 3.20. The molecule has 0 fully saturated rings. The lowest BCUT2D eigenvalue weighted by atomic mass is 10.5. The highest BCUT2D eigenvalue weighted by molar-refractivity contribution is 4.83. The number of rotatable bonds is 5. The molecular weight excluding hydrogens is 114 g/mol. The van der Waals surface area contributed by atoms with E-state index in [1.54, 1.807) is 0 Å². The summed E-state index contributed by atoms with van der Waals surface area (Å²) in [4.78, 5) is 4.94. The lowest BCUT2D eigenvalue weighted by molar-refractivity contribution is 0.0431. The van der Waals surface area contributed by atoms with Crippen molar-refractivity contribution in [3.05, 3.63) is 0 Å². The van der Waals surface area contributed by atoms with Crippen LogP contribution < -0.4 is 5.48 Å². The highest BCUT2D eigenvalue weighted by Gasteiger charge is 1.81. The number of hydrogen-bond acceptors (Lipinski definition) is 2. The largest absolute Gasteiger partial charge is 0.302 e. The van der Waals surface area contributed by atoms with Gasteiger partial charge in [0, 0.05) is 13.0 Å². The fourth-order valence-corrected chi connectivity index (χ4v) is 0.370. The van der Waals surface area contributed by atoms with Crippen LogP contribution in [0.4, 0.5) is 0 Å². The molecule has 0 rings (SSSR count). The Kier molecular flexibility index (Phi) is 7.05. The standard InChI is InChI=1S/C7H13NO/c1-3-5-6-8-9-7-4-2/h1,8H,4-7H2,2H3. The van der Waals surface area contributed by atoms with Crippen LogP contribution in [0, 0.1) is 12.3 Å². The second kappa shape index (κ2) is 7.48. The Morgan fingerprint density at radius 1 is 1.67 bits per heavy atom. The van der Waals surface area contributed by atoms with Gasteiger partial charge in [-0.15, -0.1) is 12.3 Å². The lowest BCUT2D eigenvalue weighted by Gasteiger charge is -1.99. The smallest absolute Gasteiger partial charge is 0.0679 e. The normalized spacial score (nSPS) is 8.89. The van der Waals surface area contributed by atoms with E-state index < -0.39 is 0 Å². The fraction of sp³-hybridized carbons (Fsp3) is 0.714. The summed E-state index contributed by atoms with van der Waals surface area (Å²) in [5.41, 5.74) is 2.74. The van der Waals surface area contributed by atoms with Crippen molar-refractivity contribution < 1.29 is 4.84 Å². The second-order valence-electron chi connectivity index (χ2n) is 1.70. The molecule has 0 heterocycles. The third-order valence-corrected chi connectivity index (χ3v) is 0.780. The van der Waals surface area contributed by atoms with Gasteiger partial charge in [-0.25, -0.2) is 5.48 Å². The van der Waals surface area contributed by atoms with E-state index in [2.05, 4.69) is 18.3 Å². The van der Waals surface area contributed by atoms with Crippen molar-refractivity contribution in [3.63, 3.8) is 0 Å². The molecule has 2 heteroatoms. The molecule has 1 N–H and O–H groups in total. The van der Waals surface area contributed by atoms with Gasteiger partial charge in [0.25, 0.3) is 0 Å². The molecule has 0 aromatic carbocycles. The summed E-state index contributed by atoms with van der Waals surface area (Å²) in [6.07, 6.45) is 6.75. The van der Waals surface area contributed by atoms with Gasteiger partial charge in [0.15, 0.2) is 0 Å². The molecule has 0 saturated heterocycles. The van der Waals surface area contributed by atoms with Gasteiger partial charge >= 0.3 is 0 Å². The minimum Gasteiger partial charge on any atom is -0.302 e. The molecule has 0 spiro atoms. The van der Waals surface area contributed by atoms with E-state index in [1.165, 1.54) is 0 Å². The predicted octanol–water partition coefficient (Wildman–Crippen LogP) is 0.941. The van der Waals surface area contributed by atoms with Gasteiger partial charge < -0.3 is 4.84 Å². The van der Waals surface area contributed by atoms with Crippen molar-refractivity contribution >= 4 is 0 Å². The molecule has 0 saturated carbocycles. The van der Waals surface area contributed by atoms with Crippen molar-refractivity contribution in [1.29, 1.82) is 0 Å². The molecule has 0 radical (unpaired) electrons. The topological polar surface area (TPSA) is 21.3 Å². The van der Waals surface area contributed by atoms with Gasteiger partial charge in [0.1, 0.15) is 0 Å². The number of terminal acetylenes is 1. The Hall–Kier alpha value is -0.520. The summed E-state index contributed by atoms with van der Waals surface area (Å²) in [7, 11) is 0. The van der Waals surface area contributed by atoms with Crippen molar-refractivity contribution in [2.24, 2.45) is 0 Å². The summed E-state index contributed by atoms with van der Waals surface area (Å²) in [6, 6.07) is 0. The summed E-state index contributed by atoms with van der Waals surface area (Å²) in [5, 5.41) is 0. The molecular formula is C7H13NO. The third kappa shape index (κ3) is 7.48. The quantitative estimate of drug-likeness (QED) is 0.337. The second-order valence-corrected chi connectivity index (χ2v) is 1.70. The molecule has 0 aliphatic carbocycles. The molecule has 0 aromatic heterocycles. The van der Waals surface area contributed by atoms with Crippen LogP contribution in [0.3, 0.4) is 0 Å². The van der Waals surface area contributed by atoms with Crippen LogP contribution in [0.25, 0.3) is 0 Å². The summed E-state index contributed by atoms with van der Waals surface area (Å²) in [6.45, 7) is 3.56. The van der Waals surface area contributed by atoms with Gasteiger partial charge in [-0.2, -0.15) is 0 Å². The molecule has 0 unspecified atom stereocenters. The van der Waals surface area contributed by atoms with Crippen LogP contribution >= 0.6 is 0 Å². The van der Waals surface area contributed by atoms with E-state index in [0.29, 0.717) is 0 Å². The molecule has 2 nitrogen and oxygen atoms in total. The number of hydrogen-bond donors (Lipinski definition) is 1. The highest BCUT2D eigenvalue weighted by atomic mass is 16.6. The van der Waals surface area contributed by atoms with E-state index >= 15 is 0 Å². The molecule has 0 aliphatic heterocycles. The first-order valence-electron chi connectivity index (χ1n) is 3.20. The van der Waals surface area contributed by atoms with E-state index in [4.69, 9.17) is 11.3 Å². The van der Waals surface area contributed by atoms with E-state index in [0.717, 1.165) is 26.0 Å². The lowest BCUT2D eigenvalue weighted by Crippen LogP contribution is -2.15. The Labute approximate surface area is 56.5 Å². The molecule has 9 heavy (non-hydrogen) atoms. The zero-order valence-electron chi connectivity index (χ0n) is 5.81. The van der Waals surface area contributed by atoms with Gasteiger partial charge in [-0.1, -0.05) is 6.92 Å². The van der Waals surface area contributed by atoms with Crippen LogP contribution in [0.1, 0.15) is 19.8 Å². The van der Waals surface area contributed by atoms with Crippen LogP contribution in [-0.4, -0.2) is 13.2 Å². The zero-order chi connectivity index (χ0) is 6.95. The average molecular weight is 127 g/mol. The average Bonchev–Trinajstić information content (AvgIpc) is 1.89. The van der Waals surface area contributed by atoms with E-state index in [9.17, 15) is 0 Å². The first kappa shape index (κ1) is 8.48. The summed E-state index contributed by atoms with van der Waals surface area (Å²) >= 11 is 0. The molecule has 0 aliphatic rings. The molecule has 0 bridgehead atoms. The van der Waals surface area contributed by atoms with Crippen LogP contribution in [-0.2, 0) is 4.84 Å². The van der Waals surface area contributed by atoms with E-state index in [-0.39, 0.29) is 0 Å². The SMILES string of the molecule is C#CCCNOCCC. The zero-order valence-corrected chi connectivity index (χ0v) is 5.81. The molecule has 52 valence electrons. The van der Waals surface area contributed by atoms with Crippen LogP contribution in [0.15, 0.2) is 0 Å². The number of hydroxylamine groups is 1. The van der Waals surface area contributed by atoms with Gasteiger partial charge in [-0.3, -0.25) is 0 Å². The maximum absolute atomic E-state index is 5.00. The van der Waals surface area contributed by atoms with Crippen molar-refractivity contribution in [2.45, 2.75) is 19.8 Å². The maximum Gasteiger partial charge on any atom is 0.0679 e. The van der Waals surface area contributed by atoms with Crippen LogP contribution in [0.2, 0.25) is 0 Å². The maximum atomic E-state index is 5.00. The summed E-state index contributed by atoms with van der Waals surface area (Å²) in [5.74, 6) is 2.50. The van der Waals surface area contributed by atoms with Gasteiger partial charge in [-0.05, 0) is 6.42 Å². The Morgan fingerprint density at radius 2 is 2.44 bits per heavy atom. The van der Waals surface area contributed by atoms with Crippen LogP contribution in [0.5, 0.6) is 0 Å². The van der Waals surface area contributed by atoms with Crippen molar-refractivity contribution in [2.75, 3.05) is 13.2 Å².